The molecule has 0 unspecified atom stereocenters. The lowest BCUT2D eigenvalue weighted by molar-refractivity contribution is 0.0991. The number of nitrogens with zero attached hydrogens (tertiary/aromatic N) is 2. The predicted octanol–water partition coefficient (Wildman–Crippen LogP) is 3.39. The van der Waals surface area contributed by atoms with Gasteiger partial charge in [-0.15, -0.1) is 0 Å². The first-order valence-corrected chi connectivity index (χ1v) is 6.93. The van der Waals surface area contributed by atoms with Gasteiger partial charge >= 0.3 is 0 Å². The molecule has 2 aromatic rings. The minimum atomic E-state index is 0.116. The Labute approximate surface area is 120 Å². The highest BCUT2D eigenvalue weighted by molar-refractivity contribution is 5.98. The largest absolute Gasteiger partial charge is 0.294 e. The highest BCUT2D eigenvalue weighted by Gasteiger charge is 2.13. The molecule has 0 saturated carbocycles. The third-order valence-corrected chi connectivity index (χ3v) is 3.27. The van der Waals surface area contributed by atoms with Crippen molar-refractivity contribution in [2.24, 2.45) is 0 Å². The van der Waals surface area contributed by atoms with E-state index in [4.69, 9.17) is 0 Å². The molecule has 1 heterocycles. The Morgan fingerprint density at radius 3 is 2.25 bits per heavy atom. The Morgan fingerprint density at radius 1 is 1.00 bits per heavy atom. The van der Waals surface area contributed by atoms with Gasteiger partial charge in [-0.25, -0.2) is 0 Å². The normalized spacial score (nSPS) is 10.6. The van der Waals surface area contributed by atoms with E-state index in [0.717, 1.165) is 23.4 Å². The molecule has 0 fully saturated rings. The van der Waals surface area contributed by atoms with Crippen molar-refractivity contribution in [1.82, 2.24) is 10.2 Å². The molecule has 1 aromatic heterocycles. The van der Waals surface area contributed by atoms with E-state index in [1.165, 1.54) is 11.1 Å². The van der Waals surface area contributed by atoms with Crippen molar-refractivity contribution >= 4 is 5.78 Å². The second-order valence-corrected chi connectivity index (χ2v) is 5.30. The van der Waals surface area contributed by atoms with Gasteiger partial charge in [0.05, 0.1) is 11.4 Å². The van der Waals surface area contributed by atoms with Crippen LogP contribution in [-0.2, 0) is 12.8 Å². The Hall–Kier alpha value is -2.03. The van der Waals surface area contributed by atoms with Gasteiger partial charge in [0, 0.05) is 12.0 Å². The summed E-state index contributed by atoms with van der Waals surface area (Å²) in [6.07, 6.45) is 1.14. The van der Waals surface area contributed by atoms with Crippen LogP contribution < -0.4 is 0 Å². The molecule has 0 atom stereocenters. The monoisotopic (exact) mass is 268 g/mol. The third-order valence-electron chi connectivity index (χ3n) is 3.27. The molecule has 3 heteroatoms. The number of ketones is 1. The number of carbonyl (C=O) groups excluding carboxylic acids is 1. The Balaban J connectivity index is 2.30. The predicted molar refractivity (Wildman–Crippen MR) is 80.1 cm³/mol. The number of aryl methyl sites for hydroxylation is 4. The summed E-state index contributed by atoms with van der Waals surface area (Å²) < 4.78 is 0. The molecular weight excluding hydrogens is 248 g/mol. The molecule has 0 saturated heterocycles. The van der Waals surface area contributed by atoms with Gasteiger partial charge < -0.3 is 0 Å². The summed E-state index contributed by atoms with van der Waals surface area (Å²) in [5.41, 5.74) is 5.71. The first kappa shape index (κ1) is 14.4. The van der Waals surface area contributed by atoms with Crippen LogP contribution in [0.4, 0.5) is 0 Å². The van der Waals surface area contributed by atoms with Gasteiger partial charge in [-0.1, -0.05) is 36.2 Å². The number of benzene rings is 1. The molecule has 2 rings (SSSR count). The number of Topliss-reactive ketones (excluding diaryl/α,β-unsaturated/α-hetero) is 1. The molecule has 3 nitrogen and oxygen atoms in total. The van der Waals surface area contributed by atoms with E-state index < -0.39 is 0 Å². The average Bonchev–Trinajstić information content (AvgIpc) is 2.37. The standard InChI is InChI=1S/C17H20N2O/c1-5-16-15(9-13(4)18-19-16)17(20)10-14-7-11(2)6-12(3)8-14/h6-9H,5,10H2,1-4H3. The van der Waals surface area contributed by atoms with Crippen LogP contribution in [-0.4, -0.2) is 16.0 Å². The highest BCUT2D eigenvalue weighted by atomic mass is 16.1. The first-order chi connectivity index (χ1) is 9.49. The lowest BCUT2D eigenvalue weighted by atomic mass is 9.98. The van der Waals surface area contributed by atoms with Crippen LogP contribution in [0.15, 0.2) is 24.3 Å². The molecule has 0 spiro atoms. The van der Waals surface area contributed by atoms with Crippen LogP contribution in [0, 0.1) is 20.8 Å². The van der Waals surface area contributed by atoms with E-state index in [-0.39, 0.29) is 5.78 Å². The molecule has 0 N–H and O–H groups in total. The molecule has 0 aliphatic carbocycles. The molecule has 104 valence electrons. The van der Waals surface area contributed by atoms with E-state index in [2.05, 4.69) is 42.2 Å². The Kier molecular flexibility index (Phi) is 4.28. The summed E-state index contributed by atoms with van der Waals surface area (Å²) in [5, 5.41) is 8.15. The van der Waals surface area contributed by atoms with Gasteiger partial charge in [-0.3, -0.25) is 4.79 Å². The maximum absolute atomic E-state index is 12.5. The van der Waals surface area contributed by atoms with Gasteiger partial charge in [0.2, 0.25) is 0 Å². The molecule has 20 heavy (non-hydrogen) atoms. The molecule has 1 aromatic carbocycles. The fourth-order valence-corrected chi connectivity index (χ4v) is 2.47. The first-order valence-electron chi connectivity index (χ1n) is 6.93. The van der Waals surface area contributed by atoms with Crippen molar-refractivity contribution < 1.29 is 4.79 Å². The van der Waals surface area contributed by atoms with Gasteiger partial charge in [0.1, 0.15) is 0 Å². The summed E-state index contributed by atoms with van der Waals surface area (Å²) in [4.78, 5) is 12.5. The minimum Gasteiger partial charge on any atom is -0.294 e. The van der Waals surface area contributed by atoms with Gasteiger partial charge in [-0.2, -0.15) is 10.2 Å². The SMILES string of the molecule is CCc1nnc(C)cc1C(=O)Cc1cc(C)cc(C)c1. The average molecular weight is 268 g/mol. The maximum Gasteiger partial charge on any atom is 0.169 e. The highest BCUT2D eigenvalue weighted by Crippen LogP contribution is 2.15. The Bertz CT molecular complexity index is 627. The van der Waals surface area contributed by atoms with Crippen molar-refractivity contribution in [3.8, 4) is 0 Å². The van der Waals surface area contributed by atoms with Crippen molar-refractivity contribution in [1.29, 1.82) is 0 Å². The summed E-state index contributed by atoms with van der Waals surface area (Å²) in [7, 11) is 0. The van der Waals surface area contributed by atoms with Gasteiger partial charge in [0.15, 0.2) is 5.78 Å². The molecule has 0 radical (unpaired) electrons. The van der Waals surface area contributed by atoms with Crippen LogP contribution in [0.25, 0.3) is 0 Å². The van der Waals surface area contributed by atoms with Crippen molar-refractivity contribution in [3.05, 3.63) is 57.9 Å². The zero-order chi connectivity index (χ0) is 14.7. The number of hydrogen-bond acceptors (Lipinski definition) is 3. The topological polar surface area (TPSA) is 42.9 Å². The zero-order valence-corrected chi connectivity index (χ0v) is 12.5. The van der Waals surface area contributed by atoms with E-state index >= 15 is 0 Å². The smallest absolute Gasteiger partial charge is 0.169 e. The molecule has 0 aliphatic heterocycles. The fraction of sp³-hybridized carbons (Fsp3) is 0.353. The molecular formula is C17H20N2O. The summed E-state index contributed by atoms with van der Waals surface area (Å²) in [6.45, 7) is 7.96. The molecule has 0 amide bonds. The van der Waals surface area contributed by atoms with Crippen LogP contribution in [0.1, 0.15) is 45.4 Å². The number of rotatable bonds is 4. The Morgan fingerprint density at radius 2 is 1.65 bits per heavy atom. The second-order valence-electron chi connectivity index (χ2n) is 5.30. The van der Waals surface area contributed by atoms with Crippen LogP contribution >= 0.6 is 0 Å². The maximum atomic E-state index is 12.5. The lowest BCUT2D eigenvalue weighted by Gasteiger charge is -2.08. The van der Waals surface area contributed by atoms with E-state index in [0.29, 0.717) is 12.0 Å². The van der Waals surface area contributed by atoms with Crippen LogP contribution in [0.2, 0.25) is 0 Å². The van der Waals surface area contributed by atoms with Gasteiger partial charge in [0.25, 0.3) is 0 Å². The lowest BCUT2D eigenvalue weighted by Crippen LogP contribution is -2.10. The summed E-state index contributed by atoms with van der Waals surface area (Å²) in [5.74, 6) is 0.116. The van der Waals surface area contributed by atoms with Crippen molar-refractivity contribution in [2.45, 2.75) is 40.5 Å². The van der Waals surface area contributed by atoms with Crippen LogP contribution in [0.3, 0.4) is 0 Å². The quantitative estimate of drug-likeness (QED) is 0.798. The number of aromatic nitrogens is 2. The van der Waals surface area contributed by atoms with E-state index in [9.17, 15) is 4.79 Å². The van der Waals surface area contributed by atoms with Crippen molar-refractivity contribution in [2.75, 3.05) is 0 Å². The summed E-state index contributed by atoms with van der Waals surface area (Å²) >= 11 is 0. The van der Waals surface area contributed by atoms with Gasteiger partial charge in [-0.05, 0) is 38.8 Å². The molecule has 0 bridgehead atoms. The van der Waals surface area contributed by atoms with E-state index in [1.54, 1.807) is 0 Å². The fourth-order valence-electron chi connectivity index (χ4n) is 2.47. The number of carbonyl (C=O) groups is 1. The van der Waals surface area contributed by atoms with Crippen LogP contribution in [0.5, 0.6) is 0 Å². The molecule has 0 aliphatic rings. The van der Waals surface area contributed by atoms with E-state index in [1.807, 2.05) is 19.9 Å². The number of hydrogen-bond donors (Lipinski definition) is 0. The summed E-state index contributed by atoms with van der Waals surface area (Å²) in [6, 6.07) is 8.09. The van der Waals surface area contributed by atoms with Crippen molar-refractivity contribution in [3.63, 3.8) is 0 Å². The third kappa shape index (κ3) is 3.29. The minimum absolute atomic E-state index is 0.116. The zero-order valence-electron chi connectivity index (χ0n) is 12.5. The second kappa shape index (κ2) is 5.95.